The first-order valence-electron chi connectivity index (χ1n) is 4.83. The van der Waals surface area contributed by atoms with Crippen molar-refractivity contribution in [2.24, 2.45) is 0 Å². The fourth-order valence-corrected chi connectivity index (χ4v) is 1.38. The summed E-state index contributed by atoms with van der Waals surface area (Å²) in [6.45, 7) is 4.42. The van der Waals surface area contributed by atoms with E-state index in [1.807, 2.05) is 29.1 Å². The molecule has 0 spiro atoms. The van der Waals surface area contributed by atoms with E-state index < -0.39 is 0 Å². The van der Waals surface area contributed by atoms with Gasteiger partial charge in [0.15, 0.2) is 0 Å². The van der Waals surface area contributed by atoms with E-state index in [-0.39, 0.29) is 0 Å². The summed E-state index contributed by atoms with van der Waals surface area (Å²) < 4.78 is 1.84. The van der Waals surface area contributed by atoms with Gasteiger partial charge in [0.25, 0.3) is 0 Å². The molecule has 0 aliphatic heterocycles. The maximum atomic E-state index is 4.16. The Hall–Kier alpha value is -2.03. The molecule has 76 valence electrons. The van der Waals surface area contributed by atoms with Crippen LogP contribution in [0.25, 0.3) is 5.69 Å². The highest BCUT2D eigenvalue weighted by Gasteiger charge is 1.95. The topological polar surface area (TPSA) is 29.9 Å². The van der Waals surface area contributed by atoms with Gasteiger partial charge in [-0.1, -0.05) is 18.7 Å². The molecule has 3 heteroatoms. The molecule has 0 bridgehead atoms. The van der Waals surface area contributed by atoms with E-state index in [1.54, 1.807) is 12.4 Å². The van der Waals surface area contributed by atoms with Gasteiger partial charge in [-0.05, 0) is 30.0 Å². The molecule has 0 saturated heterocycles. The Balaban J connectivity index is 2.14. The molecule has 0 unspecified atom stereocenters. The minimum Gasteiger partial charge on any atom is -0.387 e. The highest BCUT2D eigenvalue weighted by Crippen LogP contribution is 2.08. The molecule has 0 aliphatic carbocycles. The van der Waals surface area contributed by atoms with Crippen LogP contribution in [-0.2, 0) is 6.54 Å². The zero-order valence-corrected chi connectivity index (χ0v) is 8.43. The lowest BCUT2D eigenvalue weighted by Crippen LogP contribution is -2.03. The molecule has 0 saturated carbocycles. The molecule has 0 atom stereocenters. The van der Waals surface area contributed by atoms with Crippen molar-refractivity contribution >= 4 is 0 Å². The molecule has 3 nitrogen and oxygen atoms in total. The molecule has 1 aromatic carbocycles. The van der Waals surface area contributed by atoms with E-state index >= 15 is 0 Å². The number of hydrogen-bond acceptors (Lipinski definition) is 2. The van der Waals surface area contributed by atoms with Crippen LogP contribution in [0.1, 0.15) is 5.56 Å². The standard InChI is InChI=1S/C12H13N3/c1-2-13-10-11-4-6-12(7-5-11)15-9-3-8-14-15/h2-9,13H,1,10H2. The number of hydrogen-bond donors (Lipinski definition) is 1. The van der Waals surface area contributed by atoms with Crippen molar-refractivity contribution in [2.75, 3.05) is 0 Å². The largest absolute Gasteiger partial charge is 0.387 e. The van der Waals surface area contributed by atoms with Crippen LogP contribution in [0.15, 0.2) is 55.5 Å². The molecular weight excluding hydrogens is 186 g/mol. The normalized spacial score (nSPS) is 9.87. The molecule has 1 N–H and O–H groups in total. The fraction of sp³-hybridized carbons (Fsp3) is 0.0833. The summed E-state index contributed by atoms with van der Waals surface area (Å²) in [6, 6.07) is 10.2. The van der Waals surface area contributed by atoms with Gasteiger partial charge < -0.3 is 5.32 Å². The Kier molecular flexibility index (Phi) is 2.83. The fourth-order valence-electron chi connectivity index (χ4n) is 1.38. The second kappa shape index (κ2) is 4.46. The molecule has 0 fully saturated rings. The molecule has 1 aromatic heterocycles. The first-order chi connectivity index (χ1) is 7.40. The minimum absolute atomic E-state index is 0.808. The van der Waals surface area contributed by atoms with Crippen LogP contribution in [0.5, 0.6) is 0 Å². The predicted octanol–water partition coefficient (Wildman–Crippen LogP) is 2.11. The van der Waals surface area contributed by atoms with Crippen LogP contribution in [-0.4, -0.2) is 9.78 Å². The number of rotatable bonds is 4. The van der Waals surface area contributed by atoms with Crippen LogP contribution in [0.3, 0.4) is 0 Å². The van der Waals surface area contributed by atoms with Crippen LogP contribution in [0, 0.1) is 0 Å². The zero-order chi connectivity index (χ0) is 10.5. The van der Waals surface area contributed by atoms with Crippen molar-refractivity contribution in [3.05, 3.63) is 61.1 Å². The average molecular weight is 199 g/mol. The SMILES string of the molecule is C=CNCc1ccc(-n2cccn2)cc1. The summed E-state index contributed by atoms with van der Waals surface area (Å²) in [5, 5.41) is 7.22. The Morgan fingerprint density at radius 3 is 2.73 bits per heavy atom. The average Bonchev–Trinajstić information content (AvgIpc) is 2.80. The number of aromatic nitrogens is 2. The summed E-state index contributed by atoms with van der Waals surface area (Å²) in [6.07, 6.45) is 5.39. The first-order valence-corrected chi connectivity index (χ1v) is 4.83. The Bertz CT molecular complexity index is 415. The van der Waals surface area contributed by atoms with Gasteiger partial charge in [0, 0.05) is 18.9 Å². The predicted molar refractivity (Wildman–Crippen MR) is 60.6 cm³/mol. The van der Waals surface area contributed by atoms with Gasteiger partial charge in [0.05, 0.1) is 5.69 Å². The van der Waals surface area contributed by atoms with E-state index in [0.29, 0.717) is 0 Å². The minimum atomic E-state index is 0.808. The van der Waals surface area contributed by atoms with Crippen LogP contribution in [0.4, 0.5) is 0 Å². The first kappa shape index (κ1) is 9.52. The molecule has 15 heavy (non-hydrogen) atoms. The van der Waals surface area contributed by atoms with Crippen LogP contribution in [0.2, 0.25) is 0 Å². The third-order valence-electron chi connectivity index (χ3n) is 2.16. The van der Waals surface area contributed by atoms with Crippen molar-refractivity contribution < 1.29 is 0 Å². The number of nitrogens with zero attached hydrogens (tertiary/aromatic N) is 2. The van der Waals surface area contributed by atoms with Crippen LogP contribution < -0.4 is 5.32 Å². The summed E-state index contributed by atoms with van der Waals surface area (Å²) in [5.41, 5.74) is 2.30. The highest BCUT2D eigenvalue weighted by atomic mass is 15.3. The molecule has 0 aliphatic rings. The summed E-state index contributed by atoms with van der Waals surface area (Å²) in [4.78, 5) is 0. The quantitative estimate of drug-likeness (QED) is 0.817. The Morgan fingerprint density at radius 2 is 2.13 bits per heavy atom. The lowest BCUT2D eigenvalue weighted by molar-refractivity contribution is 0.860. The molecule has 2 aromatic rings. The van der Waals surface area contributed by atoms with Crippen molar-refractivity contribution in [3.8, 4) is 5.69 Å². The van der Waals surface area contributed by atoms with Crippen molar-refractivity contribution in [2.45, 2.75) is 6.54 Å². The molecular formula is C12H13N3. The molecule has 2 rings (SSSR count). The monoisotopic (exact) mass is 199 g/mol. The third kappa shape index (κ3) is 2.26. The van der Waals surface area contributed by atoms with E-state index in [1.165, 1.54) is 5.56 Å². The van der Waals surface area contributed by atoms with Crippen LogP contribution >= 0.6 is 0 Å². The Labute approximate surface area is 89.1 Å². The van der Waals surface area contributed by atoms with Gasteiger partial charge >= 0.3 is 0 Å². The van der Waals surface area contributed by atoms with Crippen molar-refractivity contribution in [3.63, 3.8) is 0 Å². The van der Waals surface area contributed by atoms with E-state index in [0.717, 1.165) is 12.2 Å². The summed E-state index contributed by atoms with van der Waals surface area (Å²) >= 11 is 0. The van der Waals surface area contributed by atoms with Gasteiger partial charge in [-0.25, -0.2) is 4.68 Å². The van der Waals surface area contributed by atoms with Gasteiger partial charge in [0.2, 0.25) is 0 Å². The lowest BCUT2D eigenvalue weighted by atomic mass is 10.2. The van der Waals surface area contributed by atoms with E-state index in [9.17, 15) is 0 Å². The second-order valence-corrected chi connectivity index (χ2v) is 3.20. The molecule has 0 amide bonds. The zero-order valence-electron chi connectivity index (χ0n) is 8.43. The van der Waals surface area contributed by atoms with Crippen molar-refractivity contribution in [1.29, 1.82) is 0 Å². The van der Waals surface area contributed by atoms with Crippen molar-refractivity contribution in [1.82, 2.24) is 15.1 Å². The lowest BCUT2D eigenvalue weighted by Gasteiger charge is -2.04. The number of nitrogens with one attached hydrogen (secondary N) is 1. The number of benzene rings is 1. The summed E-state index contributed by atoms with van der Waals surface area (Å²) in [7, 11) is 0. The van der Waals surface area contributed by atoms with Gasteiger partial charge in [-0.2, -0.15) is 5.10 Å². The molecule has 1 heterocycles. The van der Waals surface area contributed by atoms with Gasteiger partial charge in [-0.15, -0.1) is 0 Å². The highest BCUT2D eigenvalue weighted by molar-refractivity contribution is 5.33. The third-order valence-corrected chi connectivity index (χ3v) is 2.16. The maximum absolute atomic E-state index is 4.16. The summed E-state index contributed by atoms with van der Waals surface area (Å²) in [5.74, 6) is 0. The molecule has 0 radical (unpaired) electrons. The van der Waals surface area contributed by atoms with E-state index in [2.05, 4.69) is 29.1 Å². The Morgan fingerprint density at radius 1 is 1.33 bits per heavy atom. The van der Waals surface area contributed by atoms with Gasteiger partial charge in [0.1, 0.15) is 0 Å². The smallest absolute Gasteiger partial charge is 0.0645 e. The van der Waals surface area contributed by atoms with E-state index in [4.69, 9.17) is 0 Å². The second-order valence-electron chi connectivity index (χ2n) is 3.20. The van der Waals surface area contributed by atoms with Gasteiger partial charge in [-0.3, -0.25) is 0 Å². The maximum Gasteiger partial charge on any atom is 0.0645 e.